The Kier molecular flexibility index (Phi) is 16.9. The number of nitrogens with one attached hydrogen (secondary N) is 1. The number of benzene rings is 2. The first kappa shape index (κ1) is 49.3. The summed E-state index contributed by atoms with van der Waals surface area (Å²) in [6.07, 6.45) is -14.5. The molecule has 2 N–H and O–H groups in total. The standard InChI is InChI=1S/C40H46Cl3NO17S/c1-19-12-14-25(15-13-19)62-36-30(49)34(32-28(58-36)18-54-35(59-32)24-10-8-7-9-11-24)61-39(38(51)52-6)16-26(55-21(3)46)29(44-37(50)40(41,42)43)33(60-39)31(57-23(5)48)27(56-22(4)47)17-53-20(2)45/h7-15,26-36,49H,16-18H2,1-6H3,(H,44,50)/t26-,27+,28+,29+,30+,31+,32-,33+,34+,35-,36-,39-/m0/s1. The summed E-state index contributed by atoms with van der Waals surface area (Å²) in [6, 6.07) is 14.5. The van der Waals surface area contributed by atoms with Crippen molar-refractivity contribution in [3.63, 3.8) is 0 Å². The molecule has 1 amide bonds. The van der Waals surface area contributed by atoms with E-state index in [2.05, 4.69) is 5.32 Å². The largest absolute Gasteiger partial charge is 0.465 e. The molecule has 3 heterocycles. The maximum atomic E-state index is 14.4. The van der Waals surface area contributed by atoms with Crippen LogP contribution in [0, 0.1) is 6.92 Å². The predicted molar refractivity (Wildman–Crippen MR) is 216 cm³/mol. The first-order chi connectivity index (χ1) is 29.2. The van der Waals surface area contributed by atoms with Crippen LogP contribution in [0.25, 0.3) is 0 Å². The summed E-state index contributed by atoms with van der Waals surface area (Å²) in [6.45, 7) is 5.12. The molecule has 3 fully saturated rings. The Balaban J connectivity index is 1.68. The van der Waals surface area contributed by atoms with Crippen LogP contribution >= 0.6 is 46.6 Å². The van der Waals surface area contributed by atoms with Gasteiger partial charge in [0.2, 0.25) is 0 Å². The molecule has 0 radical (unpaired) electrons. The fourth-order valence-electron chi connectivity index (χ4n) is 7.06. The number of alkyl halides is 3. The van der Waals surface area contributed by atoms with Gasteiger partial charge in [0.1, 0.15) is 48.7 Å². The van der Waals surface area contributed by atoms with Crippen LogP contribution in [0.5, 0.6) is 0 Å². The number of aryl methyl sites for hydroxylation is 1. The monoisotopic (exact) mass is 949 g/mol. The molecule has 3 aliphatic rings. The first-order valence-electron chi connectivity index (χ1n) is 19.1. The number of methoxy groups -OCH3 is 1. The zero-order valence-corrected chi connectivity index (χ0v) is 37.3. The van der Waals surface area contributed by atoms with Gasteiger partial charge in [0.15, 0.2) is 18.5 Å². The second-order valence-corrected chi connectivity index (χ2v) is 17.9. The van der Waals surface area contributed by atoms with Gasteiger partial charge < -0.3 is 57.8 Å². The highest BCUT2D eigenvalue weighted by Crippen LogP contribution is 2.45. The molecule has 0 aromatic heterocycles. The van der Waals surface area contributed by atoms with E-state index in [9.17, 15) is 33.9 Å². The normalized spacial score (nSPS) is 29.4. The topological polar surface area (TPSA) is 227 Å². The average Bonchev–Trinajstić information content (AvgIpc) is 3.20. The van der Waals surface area contributed by atoms with Gasteiger partial charge in [0, 0.05) is 38.2 Å². The van der Waals surface area contributed by atoms with Crippen molar-refractivity contribution in [3.05, 3.63) is 65.7 Å². The van der Waals surface area contributed by atoms with Crippen molar-refractivity contribution in [3.8, 4) is 0 Å². The molecule has 0 bridgehead atoms. The van der Waals surface area contributed by atoms with Crippen molar-refractivity contribution in [1.29, 1.82) is 0 Å². The molecule has 22 heteroatoms. The van der Waals surface area contributed by atoms with Crippen LogP contribution in [0.2, 0.25) is 0 Å². The third kappa shape index (κ3) is 12.5. The van der Waals surface area contributed by atoms with Crippen molar-refractivity contribution in [2.45, 2.75) is 122 Å². The SMILES string of the molecule is COC(=O)[C@@]1(O[C@@H]2[C@@H](O)[C@H](Sc3ccc(C)cc3)O[C@@H]3CO[C@H](c4ccccc4)O[C@H]23)C[C@H](OC(C)=O)[C@@H](NC(=O)C(Cl)(Cl)Cl)[C@H]([C@H](OC(C)=O)[C@@H](COC(C)=O)OC(C)=O)O1. The van der Waals surface area contributed by atoms with Gasteiger partial charge in [-0.1, -0.05) is 94.6 Å². The summed E-state index contributed by atoms with van der Waals surface area (Å²) < 4.78 is 56.6. The zero-order valence-electron chi connectivity index (χ0n) is 34.2. The summed E-state index contributed by atoms with van der Waals surface area (Å²) in [5.74, 6) is -9.11. The lowest BCUT2D eigenvalue weighted by atomic mass is 9.87. The quantitative estimate of drug-likeness (QED) is 0.157. The lowest BCUT2D eigenvalue weighted by molar-refractivity contribution is -0.375. The van der Waals surface area contributed by atoms with E-state index in [0.717, 1.165) is 52.1 Å². The van der Waals surface area contributed by atoms with E-state index in [4.69, 9.17) is 82.2 Å². The first-order valence-corrected chi connectivity index (χ1v) is 21.1. The molecular formula is C40H46Cl3NO17S. The molecular weight excluding hydrogens is 905 g/mol. The smallest absolute Gasteiger partial charge is 0.366 e. The van der Waals surface area contributed by atoms with Crippen LogP contribution in [-0.4, -0.2) is 131 Å². The number of halogens is 3. The Bertz CT molecular complexity index is 1920. The number of fused-ring (bicyclic) bond motifs is 1. The second kappa shape index (κ2) is 21.3. The van der Waals surface area contributed by atoms with Crippen LogP contribution in [-0.2, 0) is 76.1 Å². The van der Waals surface area contributed by atoms with Gasteiger partial charge in [-0.25, -0.2) is 4.79 Å². The number of ether oxygens (including phenoxy) is 10. The maximum absolute atomic E-state index is 14.4. The number of hydrogen-bond acceptors (Lipinski definition) is 18. The molecule has 0 aliphatic carbocycles. The molecule has 3 aliphatic heterocycles. The van der Waals surface area contributed by atoms with Crippen LogP contribution in [0.4, 0.5) is 0 Å². The Morgan fingerprint density at radius 2 is 1.58 bits per heavy atom. The van der Waals surface area contributed by atoms with Crippen molar-refractivity contribution in [2.75, 3.05) is 20.3 Å². The van der Waals surface area contributed by atoms with Gasteiger partial charge in [-0.2, -0.15) is 0 Å². The van der Waals surface area contributed by atoms with Crippen LogP contribution in [0.15, 0.2) is 59.5 Å². The number of carbonyl (C=O) groups excluding carboxylic acids is 6. The van der Waals surface area contributed by atoms with Gasteiger partial charge in [-0.3, -0.25) is 24.0 Å². The van der Waals surface area contributed by atoms with Gasteiger partial charge >= 0.3 is 29.8 Å². The number of carbonyl (C=O) groups is 6. The van der Waals surface area contributed by atoms with Crippen LogP contribution in [0.3, 0.4) is 0 Å². The van der Waals surface area contributed by atoms with Gasteiger partial charge in [-0.15, -0.1) is 0 Å². The summed E-state index contributed by atoms with van der Waals surface area (Å²) in [5, 5.41) is 14.7. The fourth-order valence-corrected chi connectivity index (χ4v) is 8.28. The third-order valence-corrected chi connectivity index (χ3v) is 11.3. The Labute approximate surface area is 375 Å². The lowest BCUT2D eigenvalue weighted by Gasteiger charge is -2.53. The highest BCUT2D eigenvalue weighted by Gasteiger charge is 2.63. The van der Waals surface area contributed by atoms with Crippen LogP contribution < -0.4 is 5.32 Å². The van der Waals surface area contributed by atoms with E-state index in [1.165, 1.54) is 0 Å². The number of thioether (sulfide) groups is 1. The highest BCUT2D eigenvalue weighted by molar-refractivity contribution is 7.99. The number of hydrogen-bond donors (Lipinski definition) is 2. The number of esters is 5. The number of rotatable bonds is 14. The summed E-state index contributed by atoms with van der Waals surface area (Å²) >= 11 is 19.0. The van der Waals surface area contributed by atoms with Gasteiger partial charge in [0.05, 0.1) is 26.2 Å². The van der Waals surface area contributed by atoms with Crippen molar-refractivity contribution in [2.24, 2.45) is 0 Å². The van der Waals surface area contributed by atoms with Crippen molar-refractivity contribution < 1.29 is 81.2 Å². The van der Waals surface area contributed by atoms with E-state index in [1.807, 2.05) is 31.2 Å². The third-order valence-electron chi connectivity index (χ3n) is 9.66. The molecule has 62 heavy (non-hydrogen) atoms. The average molecular weight is 951 g/mol. The molecule has 0 spiro atoms. The minimum Gasteiger partial charge on any atom is -0.465 e. The summed E-state index contributed by atoms with van der Waals surface area (Å²) in [4.78, 5) is 78.6. The number of aliphatic hydroxyl groups is 1. The lowest BCUT2D eigenvalue weighted by Crippen LogP contribution is -2.72. The minimum atomic E-state index is -2.77. The fraction of sp³-hybridized carbons (Fsp3) is 0.550. The highest BCUT2D eigenvalue weighted by atomic mass is 35.6. The van der Waals surface area contributed by atoms with Crippen molar-refractivity contribution in [1.82, 2.24) is 5.32 Å². The van der Waals surface area contributed by atoms with Gasteiger partial charge in [-0.05, 0) is 19.1 Å². The minimum absolute atomic E-state index is 0.0770. The van der Waals surface area contributed by atoms with Crippen LogP contribution in [0.1, 0.15) is 51.5 Å². The Morgan fingerprint density at radius 3 is 2.16 bits per heavy atom. The molecule has 2 aromatic rings. The van der Waals surface area contributed by atoms with Gasteiger partial charge in [0.25, 0.3) is 15.5 Å². The van der Waals surface area contributed by atoms with E-state index in [-0.39, 0.29) is 6.61 Å². The van der Waals surface area contributed by atoms with Crippen molar-refractivity contribution >= 4 is 82.3 Å². The van der Waals surface area contributed by atoms with E-state index in [1.54, 1.807) is 30.3 Å². The number of amides is 1. The Morgan fingerprint density at radius 1 is 0.919 bits per heavy atom. The van der Waals surface area contributed by atoms with E-state index in [0.29, 0.717) is 10.5 Å². The van der Waals surface area contributed by atoms with E-state index < -0.39 is 125 Å². The molecule has 18 nitrogen and oxygen atoms in total. The summed E-state index contributed by atoms with van der Waals surface area (Å²) in [7, 11) is 0.991. The number of aliphatic hydroxyl groups excluding tert-OH is 1. The molecule has 0 unspecified atom stereocenters. The molecule has 3 saturated heterocycles. The molecule has 12 atom stereocenters. The molecule has 5 rings (SSSR count). The molecule has 2 aromatic carbocycles. The Hall–Kier alpha value is -3.76. The zero-order chi connectivity index (χ0) is 45.5. The summed E-state index contributed by atoms with van der Waals surface area (Å²) in [5.41, 5.74) is 0.486. The predicted octanol–water partition coefficient (Wildman–Crippen LogP) is 3.54. The second-order valence-electron chi connectivity index (χ2n) is 14.4. The maximum Gasteiger partial charge on any atom is 0.366 e. The molecule has 340 valence electrons. The molecule has 0 saturated carbocycles. The van der Waals surface area contributed by atoms with E-state index >= 15 is 0 Å².